The Morgan fingerprint density at radius 2 is 1.61 bits per heavy atom. The maximum Gasteiger partial charge on any atom is 0.0675 e. The molecule has 0 aromatic heterocycles. The van der Waals surface area contributed by atoms with Crippen LogP contribution in [-0.2, 0) is 0 Å². The third kappa shape index (κ3) is 1.92. The average molecular weight is 335 g/mol. The molecule has 4 saturated carbocycles. The van der Waals surface area contributed by atoms with Gasteiger partial charge in [-0.1, -0.05) is 13.8 Å². The Morgan fingerprint density at radius 1 is 0.870 bits per heavy atom. The molecule has 0 amide bonds. The summed E-state index contributed by atoms with van der Waals surface area (Å²) < 4.78 is 0.733. The third-order valence-electron chi connectivity index (χ3n) is 9.92. The predicted molar refractivity (Wildman–Crippen MR) is 97.5 cm³/mol. The maximum atomic E-state index is 11.0. The Bertz CT molecular complexity index is 524. The summed E-state index contributed by atoms with van der Waals surface area (Å²) in [6, 6.07) is 0. The Labute approximate surface area is 146 Å². The highest BCUT2D eigenvalue weighted by molar-refractivity contribution is 8.07. The molecule has 2 heteroatoms. The van der Waals surface area contributed by atoms with Crippen molar-refractivity contribution in [1.82, 2.24) is 0 Å². The number of fused-ring (bicyclic) bond motifs is 5. The van der Waals surface area contributed by atoms with Crippen molar-refractivity contribution in [2.45, 2.75) is 88.9 Å². The molecule has 1 spiro atoms. The minimum atomic E-state index is -0.415. The normalized spacial score (nSPS) is 64.2. The van der Waals surface area contributed by atoms with Crippen molar-refractivity contribution in [2.75, 3.05) is 5.75 Å². The molecular formula is C21H34OS. The van der Waals surface area contributed by atoms with Crippen LogP contribution in [0.4, 0.5) is 0 Å². The van der Waals surface area contributed by atoms with Gasteiger partial charge in [0, 0.05) is 10.5 Å². The summed E-state index contributed by atoms with van der Waals surface area (Å²) in [5.74, 6) is 5.11. The van der Waals surface area contributed by atoms with Crippen LogP contribution < -0.4 is 0 Å². The van der Waals surface area contributed by atoms with Gasteiger partial charge < -0.3 is 5.11 Å². The fourth-order valence-corrected chi connectivity index (χ4v) is 8.95. The lowest BCUT2D eigenvalue weighted by Crippen LogP contribution is -2.56. The molecule has 1 heterocycles. The zero-order chi connectivity index (χ0) is 16.1. The van der Waals surface area contributed by atoms with Crippen LogP contribution >= 0.6 is 11.8 Å². The van der Waals surface area contributed by atoms with Crippen molar-refractivity contribution < 1.29 is 5.11 Å². The first-order valence-corrected chi connectivity index (χ1v) is 11.1. The van der Waals surface area contributed by atoms with Crippen molar-refractivity contribution >= 4 is 11.8 Å². The second-order valence-electron chi connectivity index (χ2n) is 10.6. The maximum absolute atomic E-state index is 11.0. The van der Waals surface area contributed by atoms with Crippen molar-refractivity contribution in [3.8, 4) is 0 Å². The van der Waals surface area contributed by atoms with Crippen LogP contribution in [0.25, 0.3) is 0 Å². The van der Waals surface area contributed by atoms with Crippen LogP contribution in [0.15, 0.2) is 0 Å². The van der Waals surface area contributed by atoms with Gasteiger partial charge in [0.25, 0.3) is 0 Å². The van der Waals surface area contributed by atoms with E-state index in [1.807, 2.05) is 0 Å². The van der Waals surface area contributed by atoms with Gasteiger partial charge in [-0.25, -0.2) is 0 Å². The number of thioether (sulfide) groups is 1. The van der Waals surface area contributed by atoms with Gasteiger partial charge in [0.1, 0.15) is 0 Å². The van der Waals surface area contributed by atoms with E-state index in [2.05, 4.69) is 32.5 Å². The molecule has 23 heavy (non-hydrogen) atoms. The van der Waals surface area contributed by atoms with Gasteiger partial charge in [0.15, 0.2) is 0 Å². The molecular weight excluding hydrogens is 300 g/mol. The molecule has 1 saturated heterocycles. The predicted octanol–water partition coefficient (Wildman–Crippen LogP) is 5.27. The second-order valence-corrected chi connectivity index (χ2v) is 12.0. The van der Waals surface area contributed by atoms with Crippen molar-refractivity contribution in [1.29, 1.82) is 0 Å². The van der Waals surface area contributed by atoms with E-state index in [1.54, 1.807) is 0 Å². The second kappa shape index (κ2) is 4.53. The average Bonchev–Trinajstić information content (AvgIpc) is 3.21. The van der Waals surface area contributed by atoms with E-state index in [0.717, 1.165) is 34.8 Å². The molecule has 1 aliphatic heterocycles. The first-order chi connectivity index (χ1) is 10.8. The van der Waals surface area contributed by atoms with Crippen LogP contribution in [0, 0.1) is 34.5 Å². The molecule has 8 atom stereocenters. The molecule has 4 aliphatic carbocycles. The molecule has 1 N–H and O–H groups in total. The van der Waals surface area contributed by atoms with Gasteiger partial charge in [0.2, 0.25) is 0 Å². The van der Waals surface area contributed by atoms with Gasteiger partial charge in [0.05, 0.1) is 5.60 Å². The molecule has 130 valence electrons. The largest absolute Gasteiger partial charge is 0.390 e. The van der Waals surface area contributed by atoms with Crippen LogP contribution in [0.1, 0.15) is 78.6 Å². The topological polar surface area (TPSA) is 20.2 Å². The van der Waals surface area contributed by atoms with Gasteiger partial charge in [-0.3, -0.25) is 0 Å². The van der Waals surface area contributed by atoms with Gasteiger partial charge in [-0.2, -0.15) is 11.8 Å². The summed E-state index contributed by atoms with van der Waals surface area (Å²) in [6.07, 6.45) is 12.4. The van der Waals surface area contributed by atoms with Crippen LogP contribution in [0.2, 0.25) is 0 Å². The fraction of sp³-hybridized carbons (Fsp3) is 1.00. The highest BCUT2D eigenvalue weighted by atomic mass is 32.2. The van der Waals surface area contributed by atoms with E-state index in [4.69, 9.17) is 0 Å². The standard InChI is InChI=1S/C21H34OS/c1-18-10-11-21(13-23-21)12-14(18)4-5-15-16(18)6-8-19(2)17(15)7-9-20(19,3)22/h14-17,22H,4-13H2,1-3H3/t14-,15?,16?,17?,18-,19-,20-,21+/m0/s1. The molecule has 0 aromatic carbocycles. The molecule has 3 unspecified atom stereocenters. The number of hydrogen-bond acceptors (Lipinski definition) is 2. The van der Waals surface area contributed by atoms with E-state index < -0.39 is 5.60 Å². The van der Waals surface area contributed by atoms with E-state index in [9.17, 15) is 5.11 Å². The molecule has 0 radical (unpaired) electrons. The summed E-state index contributed by atoms with van der Waals surface area (Å²) in [5, 5.41) is 11.0. The summed E-state index contributed by atoms with van der Waals surface area (Å²) in [5.41, 5.74) is 0.397. The SMILES string of the molecule is C[C@]1(O)CCC2C3CC[C@H]4C[C@]5(CC[C@]4(C)C3CC[C@@]21C)CS5. The Morgan fingerprint density at radius 3 is 2.35 bits per heavy atom. The smallest absolute Gasteiger partial charge is 0.0675 e. The zero-order valence-electron chi connectivity index (χ0n) is 15.2. The minimum absolute atomic E-state index is 0.194. The summed E-state index contributed by atoms with van der Waals surface area (Å²) in [6.45, 7) is 7.23. The number of hydrogen-bond donors (Lipinski definition) is 1. The van der Waals surface area contributed by atoms with Crippen LogP contribution in [-0.4, -0.2) is 21.2 Å². The Kier molecular flexibility index (Phi) is 3.06. The Hall–Kier alpha value is 0.310. The number of rotatable bonds is 0. The highest BCUT2D eigenvalue weighted by Gasteiger charge is 2.64. The molecule has 1 nitrogen and oxygen atoms in total. The lowest BCUT2D eigenvalue weighted by molar-refractivity contribution is -0.146. The Balaban J connectivity index is 1.45. The van der Waals surface area contributed by atoms with E-state index in [-0.39, 0.29) is 5.41 Å². The zero-order valence-corrected chi connectivity index (χ0v) is 16.1. The first kappa shape index (κ1) is 15.6. The number of aliphatic hydroxyl groups is 1. The molecule has 5 fully saturated rings. The lowest BCUT2D eigenvalue weighted by atomic mass is 9.44. The quantitative estimate of drug-likeness (QED) is 0.609. The fourth-order valence-electron chi connectivity index (χ4n) is 7.92. The van der Waals surface area contributed by atoms with Gasteiger partial charge >= 0.3 is 0 Å². The molecule has 5 aliphatic rings. The summed E-state index contributed by atoms with van der Waals surface area (Å²) in [7, 11) is 0. The first-order valence-electron chi connectivity index (χ1n) is 10.2. The van der Waals surface area contributed by atoms with E-state index >= 15 is 0 Å². The van der Waals surface area contributed by atoms with Crippen LogP contribution in [0.3, 0.4) is 0 Å². The van der Waals surface area contributed by atoms with E-state index in [0.29, 0.717) is 5.41 Å². The molecule has 0 aromatic rings. The van der Waals surface area contributed by atoms with Crippen molar-refractivity contribution in [3.05, 3.63) is 0 Å². The van der Waals surface area contributed by atoms with Gasteiger partial charge in [-0.05, 0) is 99.2 Å². The van der Waals surface area contributed by atoms with Crippen molar-refractivity contribution in [3.63, 3.8) is 0 Å². The van der Waals surface area contributed by atoms with Gasteiger partial charge in [-0.15, -0.1) is 0 Å². The molecule has 5 rings (SSSR count). The highest BCUT2D eigenvalue weighted by Crippen LogP contribution is 2.71. The van der Waals surface area contributed by atoms with Crippen molar-refractivity contribution in [2.24, 2.45) is 34.5 Å². The molecule has 0 bridgehead atoms. The lowest BCUT2D eigenvalue weighted by Gasteiger charge is -2.61. The van der Waals surface area contributed by atoms with Crippen LogP contribution in [0.5, 0.6) is 0 Å². The monoisotopic (exact) mass is 334 g/mol. The summed E-state index contributed by atoms with van der Waals surface area (Å²) >= 11 is 2.26. The summed E-state index contributed by atoms with van der Waals surface area (Å²) in [4.78, 5) is 0. The minimum Gasteiger partial charge on any atom is -0.390 e. The third-order valence-corrected chi connectivity index (χ3v) is 11.4. The van der Waals surface area contributed by atoms with E-state index in [1.165, 1.54) is 57.1 Å².